The Morgan fingerprint density at radius 1 is 0.981 bits per heavy atom. The number of likely N-dealkylation sites (N-methyl/N-ethyl adjacent to an activating group) is 2. The van der Waals surface area contributed by atoms with Crippen LogP contribution in [-0.4, -0.2) is 122 Å². The van der Waals surface area contributed by atoms with Crippen LogP contribution in [-0.2, 0) is 39.9 Å². The molecule has 13 nitrogen and oxygen atoms in total. The van der Waals surface area contributed by atoms with Crippen LogP contribution in [0.5, 0.6) is 0 Å². The van der Waals surface area contributed by atoms with Gasteiger partial charge in [0.25, 0.3) is 0 Å². The van der Waals surface area contributed by atoms with Gasteiger partial charge in [0.15, 0.2) is 0 Å². The van der Waals surface area contributed by atoms with Crippen molar-refractivity contribution in [1.82, 2.24) is 25.8 Å². The number of hydrogen-bond donors (Lipinski definition) is 4. The molecule has 1 fully saturated rings. The summed E-state index contributed by atoms with van der Waals surface area (Å²) in [6.45, 7) is 13.8. The number of nitrogens with one attached hydrogen (secondary N) is 3. The largest absolute Gasteiger partial charge is 0.480 e. The highest BCUT2D eigenvalue weighted by Crippen LogP contribution is 2.30. The number of likely N-dealkylation sites (tertiary alicyclic amines) is 1. The molecule has 1 heterocycles. The summed E-state index contributed by atoms with van der Waals surface area (Å²) in [5.74, 6) is -3.41. The monoisotopic (exact) mass is 765 g/mol. The van der Waals surface area contributed by atoms with E-state index in [9.17, 15) is 29.1 Å². The van der Waals surface area contributed by atoms with Gasteiger partial charge in [-0.25, -0.2) is 4.79 Å². The molecule has 0 spiro atoms. The Morgan fingerprint density at radius 2 is 1.62 bits per heavy atom. The van der Waals surface area contributed by atoms with Crippen molar-refractivity contribution in [1.29, 1.82) is 0 Å². The molecule has 1 saturated heterocycles. The third-order valence-corrected chi connectivity index (χ3v) is 10.9. The first-order valence-electron chi connectivity index (χ1n) is 18.8. The number of amides is 4. The Morgan fingerprint density at radius 3 is 2.13 bits per heavy atom. The van der Waals surface area contributed by atoms with Crippen LogP contribution in [0.25, 0.3) is 0 Å². The number of rotatable bonds is 21. The fraction of sp³-hybridized carbons (Fsp3) is 0.718. The van der Waals surface area contributed by atoms with Gasteiger partial charge in [0, 0.05) is 39.3 Å². The number of nitrogens with zero attached hydrogens (tertiary/aromatic N) is 2. The minimum atomic E-state index is -1.19. The zero-order valence-corrected chi connectivity index (χ0v) is 34.2. The van der Waals surface area contributed by atoms with Crippen molar-refractivity contribution in [2.45, 2.75) is 123 Å². The summed E-state index contributed by atoms with van der Waals surface area (Å²) in [4.78, 5) is 70.4. The van der Waals surface area contributed by atoms with E-state index in [-0.39, 0.29) is 48.3 Å². The number of benzene rings is 1. The predicted molar refractivity (Wildman–Crippen MR) is 205 cm³/mol. The van der Waals surface area contributed by atoms with Gasteiger partial charge in [0.1, 0.15) is 12.1 Å². The van der Waals surface area contributed by atoms with E-state index in [0.717, 1.165) is 0 Å². The molecule has 53 heavy (non-hydrogen) atoms. The second kappa shape index (κ2) is 21.6. The number of halogens is 1. The topological polar surface area (TPSA) is 167 Å². The predicted octanol–water partition coefficient (Wildman–Crippen LogP) is 3.76. The second-order valence-electron chi connectivity index (χ2n) is 15.1. The lowest BCUT2D eigenvalue weighted by molar-refractivity contribution is -0.148. The molecule has 14 heteroatoms. The highest BCUT2D eigenvalue weighted by atomic mass is 35.5. The Balaban J connectivity index is 2.27. The molecular weight excluding hydrogens is 702 g/mol. The van der Waals surface area contributed by atoms with Crippen LogP contribution in [0, 0.1) is 23.7 Å². The number of hydrogen-bond acceptors (Lipinski definition) is 8. The van der Waals surface area contributed by atoms with Crippen LogP contribution in [0.15, 0.2) is 24.3 Å². The molecule has 0 aromatic heterocycles. The van der Waals surface area contributed by atoms with Crippen LogP contribution >= 0.6 is 11.6 Å². The number of ether oxygens (including phenoxy) is 2. The van der Waals surface area contributed by atoms with E-state index in [2.05, 4.69) is 16.0 Å². The van der Waals surface area contributed by atoms with Crippen LogP contribution in [0.2, 0.25) is 5.02 Å². The Bertz CT molecular complexity index is 1380. The molecular formula is C39H64ClN5O8. The van der Waals surface area contributed by atoms with Gasteiger partial charge in [-0.05, 0) is 55.3 Å². The van der Waals surface area contributed by atoms with E-state index in [1.165, 1.54) is 14.2 Å². The minimum Gasteiger partial charge on any atom is -0.480 e. The van der Waals surface area contributed by atoms with Gasteiger partial charge in [-0.1, -0.05) is 78.6 Å². The Hall–Kier alpha value is -3.26. The number of carbonyl (C=O) groups is 5. The zero-order chi connectivity index (χ0) is 40.2. The van der Waals surface area contributed by atoms with Crippen molar-refractivity contribution in [3.05, 3.63) is 34.9 Å². The highest BCUT2D eigenvalue weighted by Gasteiger charge is 2.43. The van der Waals surface area contributed by atoms with Crippen LogP contribution in [0.3, 0.4) is 0 Å². The molecule has 1 aromatic carbocycles. The number of carbonyl (C=O) groups excluding carboxylic acids is 4. The van der Waals surface area contributed by atoms with Crippen molar-refractivity contribution >= 4 is 41.2 Å². The Kier molecular flexibility index (Phi) is 18.7. The lowest BCUT2D eigenvalue weighted by Gasteiger charge is -2.41. The summed E-state index contributed by atoms with van der Waals surface area (Å²) in [6.07, 6.45) is 0.654. The smallest absolute Gasteiger partial charge is 0.326 e. The van der Waals surface area contributed by atoms with Crippen molar-refractivity contribution in [3.63, 3.8) is 0 Å². The SMILES string of the molecule is CCC(C)C([C@@H](CC(=O)N1CCC[C@H]1[C@H](OC)[C@@H](C)C(=O)NC(Cc1cccc(Cl)c1)C(=O)O)OC)N(C)C(=O)[C@@H](NC(=O)[C@@H](NC)C(C)C)C(C)C. The summed E-state index contributed by atoms with van der Waals surface area (Å²) >= 11 is 6.08. The quantitative estimate of drug-likeness (QED) is 0.146. The maximum atomic E-state index is 14.1. The molecule has 1 aliphatic rings. The first kappa shape index (κ1) is 45.9. The van der Waals surface area contributed by atoms with Gasteiger partial charge in [-0.3, -0.25) is 19.2 Å². The third kappa shape index (κ3) is 12.4. The van der Waals surface area contributed by atoms with Gasteiger partial charge in [-0.15, -0.1) is 0 Å². The lowest BCUT2D eigenvalue weighted by atomic mass is 9.89. The molecule has 1 aliphatic heterocycles. The van der Waals surface area contributed by atoms with Gasteiger partial charge >= 0.3 is 5.97 Å². The maximum Gasteiger partial charge on any atom is 0.326 e. The summed E-state index contributed by atoms with van der Waals surface area (Å²) in [6, 6.07) is 3.45. The van der Waals surface area contributed by atoms with Crippen LogP contribution in [0.4, 0.5) is 0 Å². The molecule has 0 radical (unpaired) electrons. The van der Waals surface area contributed by atoms with E-state index >= 15 is 0 Å². The molecule has 3 unspecified atom stereocenters. The van der Waals surface area contributed by atoms with E-state index < -0.39 is 60.2 Å². The zero-order valence-electron chi connectivity index (χ0n) is 33.5. The third-order valence-electron chi connectivity index (χ3n) is 10.7. The number of aliphatic carboxylic acids is 1. The summed E-state index contributed by atoms with van der Waals surface area (Å²) in [7, 11) is 6.43. The van der Waals surface area contributed by atoms with Gasteiger partial charge in [0.2, 0.25) is 23.6 Å². The first-order valence-corrected chi connectivity index (χ1v) is 19.2. The van der Waals surface area contributed by atoms with E-state index in [1.807, 2.05) is 41.5 Å². The van der Waals surface area contributed by atoms with Gasteiger partial charge < -0.3 is 40.3 Å². The standard InChI is InChI=1S/C39H64ClN5O8/c1-12-24(6)34(44(9)38(49)33(23(4)5)43-37(48)32(41-8)22(2)3)30(52-10)21-31(46)45-18-14-17-29(45)35(53-11)25(7)36(47)42-28(39(50)51)20-26-15-13-16-27(40)19-26/h13,15-16,19,22-25,28-30,32-35,41H,12,14,17-18,20-21H2,1-11H3,(H,42,47)(H,43,48)(H,50,51)/t24?,25-,28?,29+,30-,32+,33+,34?,35-/m1/s1. The number of methoxy groups -OCH3 is 2. The highest BCUT2D eigenvalue weighted by molar-refractivity contribution is 6.30. The lowest BCUT2D eigenvalue weighted by Crippen LogP contribution is -2.59. The molecule has 4 N–H and O–H groups in total. The maximum absolute atomic E-state index is 14.1. The first-order chi connectivity index (χ1) is 24.9. The fourth-order valence-corrected chi connectivity index (χ4v) is 7.67. The Labute approximate surface area is 321 Å². The van der Waals surface area contributed by atoms with Gasteiger partial charge in [0.05, 0.1) is 42.7 Å². The van der Waals surface area contributed by atoms with Crippen molar-refractivity contribution in [2.75, 3.05) is 34.9 Å². The van der Waals surface area contributed by atoms with Gasteiger partial charge in [-0.2, -0.15) is 0 Å². The normalized spacial score (nSPS) is 19.1. The van der Waals surface area contributed by atoms with Crippen molar-refractivity contribution in [3.8, 4) is 0 Å². The fourth-order valence-electron chi connectivity index (χ4n) is 7.45. The van der Waals surface area contributed by atoms with Crippen molar-refractivity contribution < 1.29 is 38.6 Å². The van der Waals surface area contributed by atoms with E-state index in [1.54, 1.807) is 55.1 Å². The number of carboxylic acid groups (broad SMARTS) is 1. The average molecular weight is 766 g/mol. The van der Waals surface area contributed by atoms with Crippen LogP contribution in [0.1, 0.15) is 79.7 Å². The second-order valence-corrected chi connectivity index (χ2v) is 15.5. The molecule has 300 valence electrons. The summed E-state index contributed by atoms with van der Waals surface area (Å²) < 4.78 is 11.8. The molecule has 0 saturated carbocycles. The average Bonchev–Trinajstić information content (AvgIpc) is 3.59. The van der Waals surface area contributed by atoms with E-state index in [4.69, 9.17) is 21.1 Å². The molecule has 0 aliphatic carbocycles. The summed E-state index contributed by atoms with van der Waals surface area (Å²) in [5, 5.41) is 19.0. The van der Waals surface area contributed by atoms with Crippen LogP contribution < -0.4 is 16.0 Å². The van der Waals surface area contributed by atoms with E-state index in [0.29, 0.717) is 36.4 Å². The summed E-state index contributed by atoms with van der Waals surface area (Å²) in [5.41, 5.74) is 0.669. The number of carboxylic acids is 1. The molecule has 1 aromatic rings. The molecule has 0 bridgehead atoms. The molecule has 4 amide bonds. The minimum absolute atomic E-state index is 0.0169. The molecule has 2 rings (SSSR count). The molecule has 9 atom stereocenters. The van der Waals surface area contributed by atoms with Crippen molar-refractivity contribution in [2.24, 2.45) is 23.7 Å².